The van der Waals surface area contributed by atoms with Gasteiger partial charge in [0.05, 0.1) is 36.0 Å². The van der Waals surface area contributed by atoms with E-state index in [1.165, 1.54) is 0 Å². The second kappa shape index (κ2) is 11.2. The number of nitrogens with one attached hydrogen (secondary N) is 1. The van der Waals surface area contributed by atoms with E-state index in [4.69, 9.17) is 19.4 Å². The lowest BCUT2D eigenvalue weighted by atomic mass is 10.0. The Labute approximate surface area is 222 Å². The number of rotatable bonds is 9. The number of nitrogens with zero attached hydrogens (tertiary/aromatic N) is 5. The number of hydrogen-bond donors (Lipinski definition) is 1. The zero-order chi connectivity index (χ0) is 26.6. The van der Waals surface area contributed by atoms with Crippen LogP contribution in [0.25, 0.3) is 21.8 Å². The Kier molecular flexibility index (Phi) is 7.62. The molecule has 38 heavy (non-hydrogen) atoms. The van der Waals surface area contributed by atoms with Gasteiger partial charge < -0.3 is 19.7 Å². The number of hydrogen-bond acceptors (Lipinski definition) is 8. The Bertz CT molecular complexity index is 1490. The molecular formula is C29H36N6O3. The van der Waals surface area contributed by atoms with E-state index in [2.05, 4.69) is 22.1 Å². The van der Waals surface area contributed by atoms with Crippen molar-refractivity contribution in [1.82, 2.24) is 19.5 Å². The average molecular weight is 517 g/mol. The molecular weight excluding hydrogens is 480 g/mol. The Morgan fingerprint density at radius 3 is 2.39 bits per heavy atom. The highest BCUT2D eigenvalue weighted by molar-refractivity contribution is 5.93. The third-order valence-corrected chi connectivity index (χ3v) is 6.97. The van der Waals surface area contributed by atoms with Crippen molar-refractivity contribution in [3.63, 3.8) is 0 Å². The quantitative estimate of drug-likeness (QED) is 0.328. The van der Waals surface area contributed by atoms with E-state index in [0.29, 0.717) is 36.0 Å². The van der Waals surface area contributed by atoms with Crippen LogP contribution in [-0.4, -0.2) is 52.4 Å². The number of aryl methyl sites for hydroxylation is 1. The summed E-state index contributed by atoms with van der Waals surface area (Å²) in [5.41, 5.74) is 2.64. The molecule has 1 aliphatic rings. The van der Waals surface area contributed by atoms with Crippen molar-refractivity contribution in [1.29, 1.82) is 0 Å². The molecule has 4 aromatic rings. The van der Waals surface area contributed by atoms with E-state index < -0.39 is 0 Å². The minimum atomic E-state index is 0.0282. The molecule has 0 bridgehead atoms. The summed E-state index contributed by atoms with van der Waals surface area (Å²) < 4.78 is 13.6. The third-order valence-electron chi connectivity index (χ3n) is 6.97. The first-order valence-corrected chi connectivity index (χ1v) is 13.6. The molecule has 9 heteroatoms. The average Bonchev–Trinajstić information content (AvgIpc) is 2.93. The van der Waals surface area contributed by atoms with Crippen LogP contribution in [0.15, 0.2) is 41.5 Å². The predicted molar refractivity (Wildman–Crippen MR) is 152 cm³/mol. The van der Waals surface area contributed by atoms with Crippen molar-refractivity contribution in [2.24, 2.45) is 0 Å². The van der Waals surface area contributed by atoms with Gasteiger partial charge in [0.15, 0.2) is 11.5 Å². The lowest BCUT2D eigenvalue weighted by Gasteiger charge is -2.34. The molecule has 1 fully saturated rings. The monoisotopic (exact) mass is 516 g/mol. The Hall–Kier alpha value is -3.88. The van der Waals surface area contributed by atoms with Gasteiger partial charge in [0, 0.05) is 37.1 Å². The van der Waals surface area contributed by atoms with Crippen LogP contribution in [-0.2, 0) is 0 Å². The number of piperidine rings is 1. The van der Waals surface area contributed by atoms with E-state index >= 15 is 0 Å². The first-order chi connectivity index (χ1) is 18.5. The highest BCUT2D eigenvalue weighted by Crippen LogP contribution is 2.37. The molecule has 0 atom stereocenters. The molecule has 3 heterocycles. The van der Waals surface area contributed by atoms with Crippen LogP contribution in [0.5, 0.6) is 11.5 Å². The minimum absolute atomic E-state index is 0.0282. The lowest BCUT2D eigenvalue weighted by Crippen LogP contribution is -2.38. The molecule has 1 saturated heterocycles. The largest absolute Gasteiger partial charge is 0.490 e. The summed E-state index contributed by atoms with van der Waals surface area (Å²) in [6.45, 7) is 11.4. The fourth-order valence-corrected chi connectivity index (χ4v) is 5.08. The molecule has 2 aromatic heterocycles. The third kappa shape index (κ3) is 5.10. The Morgan fingerprint density at radius 2 is 1.68 bits per heavy atom. The van der Waals surface area contributed by atoms with E-state index in [0.717, 1.165) is 66.7 Å². The first kappa shape index (κ1) is 25.8. The van der Waals surface area contributed by atoms with Gasteiger partial charge in [-0.15, -0.1) is 0 Å². The Morgan fingerprint density at radius 1 is 0.947 bits per heavy atom. The van der Waals surface area contributed by atoms with Crippen molar-refractivity contribution in [2.45, 2.75) is 53.0 Å². The molecule has 2 aromatic carbocycles. The Balaban J connectivity index is 1.47. The molecule has 1 N–H and O–H groups in total. The van der Waals surface area contributed by atoms with E-state index in [1.54, 1.807) is 6.33 Å². The normalized spacial score (nSPS) is 14.3. The van der Waals surface area contributed by atoms with Crippen LogP contribution in [0, 0.1) is 6.92 Å². The molecule has 0 aliphatic carbocycles. The highest BCUT2D eigenvalue weighted by atomic mass is 16.5. The summed E-state index contributed by atoms with van der Waals surface area (Å²) in [7, 11) is 0. The minimum Gasteiger partial charge on any atom is -0.490 e. The van der Waals surface area contributed by atoms with Crippen LogP contribution in [0.4, 0.5) is 11.8 Å². The van der Waals surface area contributed by atoms with E-state index in [-0.39, 0.29) is 11.6 Å². The molecule has 1 aliphatic heterocycles. The summed E-state index contributed by atoms with van der Waals surface area (Å²) in [6.07, 6.45) is 4.31. The molecule has 5 rings (SSSR count). The van der Waals surface area contributed by atoms with Gasteiger partial charge >= 0.3 is 0 Å². The fourth-order valence-electron chi connectivity index (χ4n) is 5.08. The van der Waals surface area contributed by atoms with Crippen molar-refractivity contribution in [3.8, 4) is 11.5 Å². The number of benzene rings is 2. The van der Waals surface area contributed by atoms with Crippen molar-refractivity contribution in [3.05, 3.63) is 52.6 Å². The van der Waals surface area contributed by atoms with Crippen molar-refractivity contribution in [2.75, 3.05) is 43.1 Å². The zero-order valence-corrected chi connectivity index (χ0v) is 22.7. The van der Waals surface area contributed by atoms with Gasteiger partial charge in [-0.05, 0) is 58.2 Å². The van der Waals surface area contributed by atoms with Crippen LogP contribution < -0.4 is 25.2 Å². The van der Waals surface area contributed by atoms with Gasteiger partial charge in [0.2, 0.25) is 5.95 Å². The number of aromatic nitrogens is 4. The summed E-state index contributed by atoms with van der Waals surface area (Å²) in [6, 6.07) is 9.86. The highest BCUT2D eigenvalue weighted by Gasteiger charge is 2.25. The van der Waals surface area contributed by atoms with Gasteiger partial charge in [-0.2, -0.15) is 4.98 Å². The summed E-state index contributed by atoms with van der Waals surface area (Å²) in [5, 5.41) is 4.95. The maximum absolute atomic E-state index is 13.3. The second-order valence-electron chi connectivity index (χ2n) is 9.68. The van der Waals surface area contributed by atoms with Crippen LogP contribution >= 0.6 is 0 Å². The van der Waals surface area contributed by atoms with Gasteiger partial charge in [-0.3, -0.25) is 9.36 Å². The zero-order valence-electron chi connectivity index (χ0n) is 22.7. The summed E-state index contributed by atoms with van der Waals surface area (Å²) in [5.74, 6) is 2.86. The molecule has 0 spiro atoms. The summed E-state index contributed by atoms with van der Waals surface area (Å²) >= 11 is 0. The lowest BCUT2D eigenvalue weighted by molar-refractivity contribution is 0.288. The molecule has 9 nitrogen and oxygen atoms in total. The smallest absolute Gasteiger partial charge is 0.261 e. The van der Waals surface area contributed by atoms with Gasteiger partial charge in [0.25, 0.3) is 5.56 Å². The fraction of sp³-hybridized carbons (Fsp3) is 0.448. The standard InChI is InChI=1S/C29H36N6O3/c1-5-12-30-29-32-24-17-26(38-7-3)25(37-6-2)16-21(24)27(33-29)34-13-10-20(11-14-34)35-18-31-23-9-8-19(4)15-22(23)28(35)36/h8-9,15-18,20H,5-7,10-14H2,1-4H3,(H,30,32,33). The maximum Gasteiger partial charge on any atom is 0.261 e. The summed E-state index contributed by atoms with van der Waals surface area (Å²) in [4.78, 5) is 29.9. The SMILES string of the molecule is CCCNc1nc(N2CCC(n3cnc4ccc(C)cc4c3=O)CC2)c2cc(OCC)c(OCC)cc2n1. The molecule has 0 amide bonds. The second-order valence-corrected chi connectivity index (χ2v) is 9.68. The van der Waals surface area contributed by atoms with Gasteiger partial charge in [-0.1, -0.05) is 18.6 Å². The van der Waals surface area contributed by atoms with Crippen LogP contribution in [0.1, 0.15) is 51.6 Å². The number of fused-ring (bicyclic) bond motifs is 2. The maximum atomic E-state index is 13.3. The van der Waals surface area contributed by atoms with Crippen LogP contribution in [0.2, 0.25) is 0 Å². The molecule has 0 radical (unpaired) electrons. The van der Waals surface area contributed by atoms with Crippen molar-refractivity contribution >= 4 is 33.6 Å². The molecule has 0 saturated carbocycles. The van der Waals surface area contributed by atoms with E-state index in [1.807, 2.05) is 55.7 Å². The van der Waals surface area contributed by atoms with Gasteiger partial charge in [-0.25, -0.2) is 9.97 Å². The molecule has 200 valence electrons. The van der Waals surface area contributed by atoms with Crippen LogP contribution in [0.3, 0.4) is 0 Å². The topological polar surface area (TPSA) is 94.4 Å². The number of ether oxygens (including phenoxy) is 2. The predicted octanol–water partition coefficient (Wildman–Crippen LogP) is 5.11. The van der Waals surface area contributed by atoms with Gasteiger partial charge in [0.1, 0.15) is 5.82 Å². The molecule has 0 unspecified atom stereocenters. The first-order valence-electron chi connectivity index (χ1n) is 13.6. The number of anilines is 2. The van der Waals surface area contributed by atoms with Crippen molar-refractivity contribution < 1.29 is 9.47 Å². The van der Waals surface area contributed by atoms with E-state index in [9.17, 15) is 4.79 Å².